The molecule has 4 N–H and O–H groups in total. The minimum Gasteiger partial charge on any atom is -0.347 e. The van der Waals surface area contributed by atoms with Crippen molar-refractivity contribution in [1.82, 2.24) is 20.8 Å². The monoisotopic (exact) mass is 335 g/mol. The van der Waals surface area contributed by atoms with Gasteiger partial charge in [-0.3, -0.25) is 19.5 Å². The van der Waals surface area contributed by atoms with Gasteiger partial charge in [0, 0.05) is 18.7 Å². The van der Waals surface area contributed by atoms with E-state index >= 15 is 0 Å². The van der Waals surface area contributed by atoms with Crippen LogP contribution in [0.15, 0.2) is 6.07 Å². The SMILES string of the molecule is CC(=O)NCC(=O)NCC(=O)Nc1cc(CC2CCCCC2)[nH]n1. The fraction of sp³-hybridized carbons (Fsp3) is 0.625. The van der Waals surface area contributed by atoms with Crippen molar-refractivity contribution in [2.24, 2.45) is 5.92 Å². The van der Waals surface area contributed by atoms with Crippen molar-refractivity contribution in [3.63, 3.8) is 0 Å². The van der Waals surface area contributed by atoms with Crippen LogP contribution < -0.4 is 16.0 Å². The van der Waals surface area contributed by atoms with Gasteiger partial charge in [0.2, 0.25) is 17.7 Å². The highest BCUT2D eigenvalue weighted by molar-refractivity contribution is 5.94. The smallest absolute Gasteiger partial charge is 0.244 e. The molecule has 1 aliphatic rings. The number of hydrogen-bond donors (Lipinski definition) is 4. The second-order valence-electron chi connectivity index (χ2n) is 6.22. The van der Waals surface area contributed by atoms with E-state index in [0.717, 1.165) is 12.1 Å². The minimum absolute atomic E-state index is 0.142. The molecule has 0 unspecified atom stereocenters. The summed E-state index contributed by atoms with van der Waals surface area (Å²) in [5.41, 5.74) is 1.02. The normalized spacial score (nSPS) is 14.9. The van der Waals surface area contributed by atoms with E-state index in [4.69, 9.17) is 0 Å². The van der Waals surface area contributed by atoms with Gasteiger partial charge in [0.15, 0.2) is 5.82 Å². The molecule has 0 radical (unpaired) electrons. The van der Waals surface area contributed by atoms with Gasteiger partial charge in [-0.05, 0) is 12.3 Å². The van der Waals surface area contributed by atoms with Crippen molar-refractivity contribution in [1.29, 1.82) is 0 Å². The maximum atomic E-state index is 11.8. The predicted molar refractivity (Wildman–Crippen MR) is 89.2 cm³/mol. The zero-order chi connectivity index (χ0) is 17.4. The number of aromatic amines is 1. The highest BCUT2D eigenvalue weighted by Crippen LogP contribution is 2.26. The Balaban J connectivity index is 1.70. The molecule has 0 atom stereocenters. The lowest BCUT2D eigenvalue weighted by atomic mass is 9.86. The first kappa shape index (κ1) is 18.0. The second-order valence-corrected chi connectivity index (χ2v) is 6.22. The van der Waals surface area contributed by atoms with Gasteiger partial charge >= 0.3 is 0 Å². The molecule has 1 aromatic rings. The van der Waals surface area contributed by atoms with Gasteiger partial charge in [-0.2, -0.15) is 5.10 Å². The van der Waals surface area contributed by atoms with Crippen LogP contribution in [0.2, 0.25) is 0 Å². The molecular formula is C16H25N5O3. The number of H-pyrrole nitrogens is 1. The number of aromatic nitrogens is 2. The van der Waals surface area contributed by atoms with Gasteiger partial charge in [0.1, 0.15) is 0 Å². The predicted octanol–water partition coefficient (Wildman–Crippen LogP) is 0.723. The van der Waals surface area contributed by atoms with Crippen molar-refractivity contribution < 1.29 is 14.4 Å². The van der Waals surface area contributed by atoms with Crippen molar-refractivity contribution in [3.8, 4) is 0 Å². The number of amides is 3. The summed E-state index contributed by atoms with van der Waals surface area (Å²) in [5, 5.41) is 14.5. The van der Waals surface area contributed by atoms with Crippen LogP contribution in [0.1, 0.15) is 44.7 Å². The molecule has 0 aliphatic heterocycles. The molecule has 0 saturated heterocycles. The van der Waals surface area contributed by atoms with Crippen LogP contribution in [0, 0.1) is 5.92 Å². The fourth-order valence-corrected chi connectivity index (χ4v) is 2.87. The Labute approximate surface area is 141 Å². The maximum Gasteiger partial charge on any atom is 0.244 e. The number of nitrogens with zero attached hydrogens (tertiary/aromatic N) is 1. The molecule has 1 saturated carbocycles. The molecule has 0 spiro atoms. The number of carbonyl (C=O) groups is 3. The highest BCUT2D eigenvalue weighted by atomic mass is 16.2. The summed E-state index contributed by atoms with van der Waals surface area (Å²) in [6.45, 7) is 1.02. The third-order valence-electron chi connectivity index (χ3n) is 4.08. The van der Waals surface area contributed by atoms with Crippen LogP contribution in [-0.2, 0) is 20.8 Å². The number of nitrogens with one attached hydrogen (secondary N) is 4. The molecule has 1 aliphatic carbocycles. The first-order valence-corrected chi connectivity index (χ1v) is 8.38. The van der Waals surface area contributed by atoms with Gasteiger partial charge in [-0.1, -0.05) is 32.1 Å². The molecular weight excluding hydrogens is 310 g/mol. The Hall–Kier alpha value is -2.38. The Bertz CT molecular complexity index is 578. The van der Waals surface area contributed by atoms with Crippen LogP contribution >= 0.6 is 0 Å². The summed E-state index contributed by atoms with van der Waals surface area (Å²) < 4.78 is 0. The zero-order valence-corrected chi connectivity index (χ0v) is 14.0. The molecule has 8 heteroatoms. The summed E-state index contributed by atoms with van der Waals surface area (Å²) in [6, 6.07) is 1.84. The van der Waals surface area contributed by atoms with Crippen LogP contribution in [0.5, 0.6) is 0 Å². The van der Waals surface area contributed by atoms with Crippen molar-refractivity contribution in [2.45, 2.75) is 45.4 Å². The summed E-state index contributed by atoms with van der Waals surface area (Å²) >= 11 is 0. The topological polar surface area (TPSA) is 116 Å². The van der Waals surface area contributed by atoms with Gasteiger partial charge in [-0.25, -0.2) is 0 Å². The van der Waals surface area contributed by atoms with E-state index < -0.39 is 5.91 Å². The average Bonchev–Trinajstić information content (AvgIpc) is 2.98. The molecule has 3 amide bonds. The molecule has 2 rings (SSSR count). The van der Waals surface area contributed by atoms with Crippen LogP contribution in [0.25, 0.3) is 0 Å². The van der Waals surface area contributed by atoms with E-state index in [9.17, 15) is 14.4 Å². The van der Waals surface area contributed by atoms with Crippen molar-refractivity contribution in [2.75, 3.05) is 18.4 Å². The third-order valence-corrected chi connectivity index (χ3v) is 4.08. The molecule has 0 bridgehead atoms. The minimum atomic E-state index is -0.416. The van der Waals surface area contributed by atoms with E-state index in [1.165, 1.54) is 39.0 Å². The summed E-state index contributed by atoms with van der Waals surface area (Å²) in [4.78, 5) is 33.9. The molecule has 8 nitrogen and oxygen atoms in total. The van der Waals surface area contributed by atoms with Gasteiger partial charge in [0.05, 0.1) is 13.1 Å². The van der Waals surface area contributed by atoms with Gasteiger partial charge in [0.25, 0.3) is 0 Å². The molecule has 1 heterocycles. The molecule has 24 heavy (non-hydrogen) atoms. The van der Waals surface area contributed by atoms with Gasteiger partial charge in [-0.15, -0.1) is 0 Å². The summed E-state index contributed by atoms with van der Waals surface area (Å²) in [7, 11) is 0. The fourth-order valence-electron chi connectivity index (χ4n) is 2.87. The molecule has 1 aromatic heterocycles. The molecule has 1 fully saturated rings. The Morgan fingerprint density at radius 3 is 2.54 bits per heavy atom. The third kappa shape index (κ3) is 6.39. The Morgan fingerprint density at radius 1 is 1.12 bits per heavy atom. The standard InChI is InChI=1S/C16H25N5O3/c1-11(22)17-9-15(23)18-10-16(24)19-14-8-13(20-21-14)7-12-5-3-2-4-6-12/h8,12H,2-7,9-10H2,1H3,(H,17,22)(H,18,23)(H2,19,20,21,24). The maximum absolute atomic E-state index is 11.8. The average molecular weight is 335 g/mol. The Morgan fingerprint density at radius 2 is 1.83 bits per heavy atom. The second kappa shape index (κ2) is 9.05. The van der Waals surface area contributed by atoms with Gasteiger partial charge < -0.3 is 16.0 Å². The summed E-state index contributed by atoms with van der Waals surface area (Å²) in [5.74, 6) is 0.0802. The summed E-state index contributed by atoms with van der Waals surface area (Å²) in [6.07, 6.45) is 7.37. The van der Waals surface area contributed by atoms with E-state index in [2.05, 4.69) is 26.1 Å². The molecule has 0 aromatic carbocycles. The molecule has 132 valence electrons. The van der Waals surface area contributed by atoms with Crippen molar-refractivity contribution in [3.05, 3.63) is 11.8 Å². The van der Waals surface area contributed by atoms with Crippen LogP contribution in [0.4, 0.5) is 5.82 Å². The Kier molecular flexibility index (Phi) is 6.77. The van der Waals surface area contributed by atoms with Crippen molar-refractivity contribution >= 4 is 23.5 Å². The lowest BCUT2D eigenvalue weighted by molar-refractivity contribution is -0.126. The van der Waals surface area contributed by atoms with E-state index in [1.54, 1.807) is 0 Å². The van der Waals surface area contributed by atoms with Crippen LogP contribution in [-0.4, -0.2) is 41.0 Å². The lowest BCUT2D eigenvalue weighted by Gasteiger charge is -2.20. The largest absolute Gasteiger partial charge is 0.347 e. The number of rotatable bonds is 7. The van der Waals surface area contributed by atoms with E-state index in [0.29, 0.717) is 11.7 Å². The highest BCUT2D eigenvalue weighted by Gasteiger charge is 2.15. The van der Waals surface area contributed by atoms with Crippen LogP contribution in [0.3, 0.4) is 0 Å². The first-order chi connectivity index (χ1) is 11.5. The first-order valence-electron chi connectivity index (χ1n) is 8.38. The number of carbonyl (C=O) groups excluding carboxylic acids is 3. The number of anilines is 1. The van der Waals surface area contributed by atoms with E-state index in [-0.39, 0.29) is 24.9 Å². The zero-order valence-electron chi connectivity index (χ0n) is 14.0. The van der Waals surface area contributed by atoms with E-state index in [1.807, 2.05) is 6.07 Å². The number of hydrogen-bond acceptors (Lipinski definition) is 4. The quantitative estimate of drug-likeness (QED) is 0.587. The lowest BCUT2D eigenvalue weighted by Crippen LogP contribution is -2.39.